The molecule has 103 valence electrons. The zero-order valence-electron chi connectivity index (χ0n) is 8.87. The van der Waals surface area contributed by atoms with Crippen molar-refractivity contribution in [1.82, 2.24) is 0 Å². The van der Waals surface area contributed by atoms with Crippen molar-refractivity contribution < 1.29 is 48.0 Å². The summed E-state index contributed by atoms with van der Waals surface area (Å²) in [6, 6.07) is 0. The topological polar surface area (TPSA) is 59.7 Å². The van der Waals surface area contributed by atoms with E-state index in [0.717, 1.165) is 0 Å². The van der Waals surface area contributed by atoms with Gasteiger partial charge in [0.05, 0.1) is 0 Å². The molecule has 9 heteroatoms. The van der Waals surface area contributed by atoms with Gasteiger partial charge in [-0.15, -0.1) is 0 Å². The fraction of sp³-hybridized carbons (Fsp3) is 0.222. The molecule has 18 heavy (non-hydrogen) atoms. The average Bonchev–Trinajstić information content (AvgIpc) is 2.37. The van der Waals surface area contributed by atoms with Gasteiger partial charge in [-0.25, -0.2) is 0 Å². The number of rotatable bonds is 0. The van der Waals surface area contributed by atoms with Gasteiger partial charge in [0.25, 0.3) is 0 Å². The molecule has 0 spiro atoms. The van der Waals surface area contributed by atoms with Gasteiger partial charge in [0.2, 0.25) is 0 Å². The third-order valence-corrected chi connectivity index (χ3v) is 0.883. The van der Waals surface area contributed by atoms with E-state index in [0.29, 0.717) is 0 Å². The van der Waals surface area contributed by atoms with E-state index in [9.17, 15) is 17.3 Å². The third kappa shape index (κ3) is 118. The van der Waals surface area contributed by atoms with E-state index in [1.807, 2.05) is 0 Å². The van der Waals surface area contributed by atoms with E-state index >= 15 is 0 Å². The molecule has 0 atom stereocenters. The van der Waals surface area contributed by atoms with Gasteiger partial charge in [0.15, 0.2) is 0 Å². The van der Waals surface area contributed by atoms with Gasteiger partial charge in [-0.05, 0) is 12.8 Å². The molecule has 0 aromatic rings. The van der Waals surface area contributed by atoms with Crippen LogP contribution in [0, 0.1) is 20.0 Å². The van der Waals surface area contributed by atoms with E-state index in [1.165, 1.54) is 12.8 Å². The Morgan fingerprint density at radius 3 is 0.944 bits per heavy atom. The minimum Gasteiger partial charge on any atom is 0 e. The fourth-order valence-electron chi connectivity index (χ4n) is 0.542. The quantitative estimate of drug-likeness (QED) is 0.286. The maximum Gasteiger partial charge on any atom is 0 e. The smallest absolute Gasteiger partial charge is 0 e. The second-order valence-corrected chi connectivity index (χ2v) is 1.93. The molecule has 0 aromatic carbocycles. The number of hydrogen-bond acceptors (Lipinski definition) is 0. The van der Waals surface area contributed by atoms with Gasteiger partial charge in [-0.3, -0.25) is 0 Å². The molecule has 0 saturated carbocycles. The maximum absolute atomic E-state index is 9.75. The van der Waals surface area contributed by atoms with Gasteiger partial charge in [0, 0.05) is 16.8 Å². The molecule has 0 aromatic heterocycles. The molecule has 0 fully saturated rings. The molecule has 0 heterocycles. The monoisotopic (exact) mass is 310 g/mol. The molecule has 1 radical (unpaired) electrons. The summed E-state index contributed by atoms with van der Waals surface area (Å²) in [5.74, 6) is 0. The Labute approximate surface area is 113 Å². The summed E-state index contributed by atoms with van der Waals surface area (Å²) in [7, 11) is -6.00. The zero-order chi connectivity index (χ0) is 14.7. The Balaban J connectivity index is -0.0000000431. The van der Waals surface area contributed by atoms with Gasteiger partial charge in [-0.2, -0.15) is 0 Å². The molecule has 0 amide bonds. The van der Waals surface area contributed by atoms with Crippen molar-refractivity contribution in [3.63, 3.8) is 0 Å². The number of allylic oxidation sites excluding steroid dienone is 4. The van der Waals surface area contributed by atoms with E-state index in [2.05, 4.69) is 44.3 Å². The van der Waals surface area contributed by atoms with Crippen molar-refractivity contribution in [3.8, 4) is 0 Å². The molecular weight excluding hydrogens is 302 g/mol. The predicted molar refractivity (Wildman–Crippen MR) is 49.5 cm³/mol. The molecule has 0 unspecified atom stereocenters. The van der Waals surface area contributed by atoms with Crippen LogP contribution in [-0.2, 0) is 30.7 Å². The minimum atomic E-state index is -6.00. The van der Waals surface area contributed by atoms with Gasteiger partial charge < -0.3 is 17.3 Å². The Morgan fingerprint density at radius 1 is 0.722 bits per heavy atom. The summed E-state index contributed by atoms with van der Waals surface area (Å²) in [5.41, 5.74) is 0. The first-order valence-electron chi connectivity index (χ1n) is 3.80. The molecular formula is C9H8BCoF4O3-. The summed E-state index contributed by atoms with van der Waals surface area (Å²) in [4.78, 5) is 0. The van der Waals surface area contributed by atoms with Crippen LogP contribution in [0.5, 0.6) is 0 Å². The summed E-state index contributed by atoms with van der Waals surface area (Å²) in [6.45, 7) is 13.5. The van der Waals surface area contributed by atoms with Crippen LogP contribution in [0.1, 0.15) is 12.8 Å². The average molecular weight is 310 g/mol. The van der Waals surface area contributed by atoms with Crippen LogP contribution in [0.25, 0.3) is 0 Å². The fourth-order valence-corrected chi connectivity index (χ4v) is 0.542. The van der Waals surface area contributed by atoms with Crippen LogP contribution in [-0.4, -0.2) is 7.25 Å². The molecule has 0 aliphatic heterocycles. The van der Waals surface area contributed by atoms with Crippen molar-refractivity contribution in [3.05, 3.63) is 44.3 Å². The Kier molecular flexibility index (Phi) is 49.9. The largest absolute Gasteiger partial charge is 0 e. The summed E-state index contributed by atoms with van der Waals surface area (Å²) in [5, 5.41) is 0. The van der Waals surface area contributed by atoms with E-state index in [-0.39, 0.29) is 16.8 Å². The molecule has 1 aliphatic rings. The molecule has 0 bridgehead atoms. The maximum atomic E-state index is 9.75. The normalized spacial score (nSPS) is 9.89. The Bertz CT molecular complexity index is 226. The van der Waals surface area contributed by atoms with Crippen molar-refractivity contribution in [2.75, 3.05) is 0 Å². The predicted octanol–water partition coefficient (Wildman–Crippen LogP) is 3.08. The van der Waals surface area contributed by atoms with Gasteiger partial charge >= 0.3 is 41.2 Å². The summed E-state index contributed by atoms with van der Waals surface area (Å²) in [6.07, 6.45) is 11.0. The molecule has 1 aliphatic carbocycles. The van der Waals surface area contributed by atoms with Gasteiger partial charge in [-0.1, -0.05) is 24.3 Å². The van der Waals surface area contributed by atoms with E-state index in [4.69, 9.17) is 14.0 Å². The second-order valence-electron chi connectivity index (χ2n) is 1.93. The number of hydrogen-bond donors (Lipinski definition) is 0. The van der Waals surface area contributed by atoms with Crippen LogP contribution in [0.4, 0.5) is 17.3 Å². The van der Waals surface area contributed by atoms with Crippen LogP contribution in [0.15, 0.2) is 24.3 Å². The van der Waals surface area contributed by atoms with Crippen molar-refractivity contribution in [2.45, 2.75) is 12.8 Å². The first kappa shape index (κ1) is 30.2. The van der Waals surface area contributed by atoms with Crippen molar-refractivity contribution in [2.24, 2.45) is 0 Å². The van der Waals surface area contributed by atoms with Crippen molar-refractivity contribution in [1.29, 1.82) is 0 Å². The summed E-state index contributed by atoms with van der Waals surface area (Å²) >= 11 is 0. The SMILES string of the molecule is C1=CCCC=C1.F[B-](F)(F)F.[C-]#[O+].[C-]#[O+].[C-]#[O+].[Co]. The van der Waals surface area contributed by atoms with E-state index < -0.39 is 7.25 Å². The first-order valence-corrected chi connectivity index (χ1v) is 3.80. The van der Waals surface area contributed by atoms with Crippen LogP contribution in [0.2, 0.25) is 0 Å². The molecule has 0 N–H and O–H groups in total. The van der Waals surface area contributed by atoms with Crippen LogP contribution < -0.4 is 0 Å². The molecule has 0 saturated heterocycles. The Hall–Kier alpha value is -1.01. The molecule has 3 nitrogen and oxygen atoms in total. The van der Waals surface area contributed by atoms with Crippen LogP contribution in [0.3, 0.4) is 0 Å². The van der Waals surface area contributed by atoms with Gasteiger partial charge in [0.1, 0.15) is 0 Å². The second kappa shape index (κ2) is 29.7. The minimum absolute atomic E-state index is 0. The van der Waals surface area contributed by atoms with Crippen LogP contribution >= 0.6 is 0 Å². The first-order chi connectivity index (χ1) is 8.00. The number of halogens is 4. The standard InChI is InChI=1S/C6H8.3CO.BF4.Co/c1-2-4-6-5-3-1;3*1-2;2-1(3,4)5;/h1-4H,5-6H2;;;;;/q;;;;-1;. The zero-order valence-corrected chi connectivity index (χ0v) is 9.91. The van der Waals surface area contributed by atoms with E-state index in [1.54, 1.807) is 0 Å². The summed E-state index contributed by atoms with van der Waals surface area (Å²) < 4.78 is 61.5. The Morgan fingerprint density at radius 2 is 0.889 bits per heavy atom. The van der Waals surface area contributed by atoms with Crippen molar-refractivity contribution >= 4 is 7.25 Å². The molecule has 1 rings (SSSR count). The third-order valence-electron chi connectivity index (χ3n) is 0.883.